The molecule has 2 aromatic carbocycles. The van der Waals surface area contributed by atoms with Crippen LogP contribution in [0.5, 0.6) is 0 Å². The van der Waals surface area contributed by atoms with Crippen LogP contribution in [-0.4, -0.2) is 25.0 Å². The lowest BCUT2D eigenvalue weighted by Gasteiger charge is -1.97. The van der Waals surface area contributed by atoms with E-state index >= 15 is 0 Å². The lowest BCUT2D eigenvalue weighted by molar-refractivity contribution is -0.394. The molecule has 0 bridgehead atoms. The lowest BCUT2D eigenvalue weighted by Crippen LogP contribution is -1.94. The number of benzene rings is 2. The van der Waals surface area contributed by atoms with Crippen LogP contribution in [0.1, 0.15) is 0 Å². The summed E-state index contributed by atoms with van der Waals surface area (Å²) in [7, 11) is 0. The van der Waals surface area contributed by atoms with Gasteiger partial charge in [0.05, 0.1) is 31.7 Å². The second-order valence-corrected chi connectivity index (χ2v) is 6.18. The number of aromatic nitrogens is 3. The molecule has 0 radical (unpaired) electrons. The van der Waals surface area contributed by atoms with Crippen molar-refractivity contribution in [2.75, 3.05) is 0 Å². The molecule has 2 heterocycles. The Morgan fingerprint density at radius 1 is 0.923 bits per heavy atom. The van der Waals surface area contributed by atoms with E-state index in [2.05, 4.69) is 15.2 Å². The molecule has 128 valence electrons. The Morgan fingerprint density at radius 3 is 2.23 bits per heavy atom. The van der Waals surface area contributed by atoms with Gasteiger partial charge in [-0.1, -0.05) is 12.1 Å². The molecule has 0 fully saturated rings. The molecular weight excluding hydrogens is 362 g/mol. The summed E-state index contributed by atoms with van der Waals surface area (Å²) in [5, 5.41) is 30.2. The van der Waals surface area contributed by atoms with Crippen LogP contribution < -0.4 is 0 Å². The maximum Gasteiger partial charge on any atom is 0.277 e. The van der Waals surface area contributed by atoms with Crippen LogP contribution >= 0.6 is 11.3 Å². The third-order valence-electron chi connectivity index (χ3n) is 3.47. The summed E-state index contributed by atoms with van der Waals surface area (Å²) < 4.78 is 6.47. The van der Waals surface area contributed by atoms with E-state index in [9.17, 15) is 20.2 Å². The topological polar surface area (TPSA) is 138 Å². The van der Waals surface area contributed by atoms with Gasteiger partial charge in [-0.25, -0.2) is 4.98 Å². The van der Waals surface area contributed by atoms with Crippen LogP contribution in [0, 0.1) is 20.2 Å². The van der Waals surface area contributed by atoms with Crippen molar-refractivity contribution in [1.29, 1.82) is 0 Å². The van der Waals surface area contributed by atoms with E-state index in [1.807, 2.05) is 24.3 Å². The minimum atomic E-state index is -0.721. The number of hydrogen-bond acceptors (Lipinski definition) is 9. The zero-order chi connectivity index (χ0) is 18.3. The maximum atomic E-state index is 11.0. The molecule has 0 aliphatic heterocycles. The standard InChI is InChI=1S/C15H7N5O5S/c21-19(22)9-5-8(6-10(7-9)20(23)24)13-17-18-14(25-13)15-16-11-3-1-2-4-12(11)26-15/h1-7H. The Bertz CT molecular complexity index is 1100. The van der Waals surface area contributed by atoms with Gasteiger partial charge in [-0.05, 0) is 12.1 Å². The number of rotatable bonds is 4. The molecule has 0 aliphatic rings. The number of fused-ring (bicyclic) bond motifs is 1. The van der Waals surface area contributed by atoms with Crippen LogP contribution in [0.3, 0.4) is 0 Å². The molecule has 0 unspecified atom stereocenters. The SMILES string of the molecule is O=[N+]([O-])c1cc(-c2nnc(-c3nc4ccccc4s3)o2)cc([N+](=O)[O-])c1. The average molecular weight is 369 g/mol. The zero-order valence-corrected chi connectivity index (χ0v) is 13.5. The summed E-state index contributed by atoms with van der Waals surface area (Å²) in [6, 6.07) is 10.6. The van der Waals surface area contributed by atoms with E-state index in [-0.39, 0.29) is 17.3 Å². The average Bonchev–Trinajstić information content (AvgIpc) is 3.28. The minimum Gasteiger partial charge on any atom is -0.414 e. The van der Waals surface area contributed by atoms with Crippen LogP contribution in [0.2, 0.25) is 0 Å². The molecule has 10 nitrogen and oxygen atoms in total. The van der Waals surface area contributed by atoms with E-state index in [0.29, 0.717) is 5.01 Å². The third-order valence-corrected chi connectivity index (χ3v) is 4.50. The van der Waals surface area contributed by atoms with Crippen LogP contribution in [-0.2, 0) is 0 Å². The van der Waals surface area contributed by atoms with Gasteiger partial charge < -0.3 is 4.42 Å². The Labute approximate surface area is 148 Å². The summed E-state index contributed by atoms with van der Waals surface area (Å²) >= 11 is 1.35. The molecule has 4 aromatic rings. The highest BCUT2D eigenvalue weighted by molar-refractivity contribution is 7.21. The van der Waals surface area contributed by atoms with Crippen LogP contribution in [0.4, 0.5) is 11.4 Å². The zero-order valence-electron chi connectivity index (χ0n) is 12.7. The number of non-ortho nitro benzene ring substituents is 2. The van der Waals surface area contributed by atoms with Crippen molar-refractivity contribution in [1.82, 2.24) is 15.2 Å². The molecule has 26 heavy (non-hydrogen) atoms. The normalized spacial score (nSPS) is 10.9. The van der Waals surface area contributed by atoms with Crippen molar-refractivity contribution < 1.29 is 14.3 Å². The molecular formula is C15H7N5O5S. The Balaban J connectivity index is 1.78. The van der Waals surface area contributed by atoms with E-state index < -0.39 is 21.2 Å². The molecule has 0 spiro atoms. The smallest absolute Gasteiger partial charge is 0.277 e. The Hall–Kier alpha value is -3.73. The molecule has 4 rings (SSSR count). The highest BCUT2D eigenvalue weighted by Crippen LogP contribution is 2.33. The number of nitro benzene ring substituents is 2. The molecule has 0 amide bonds. The summed E-state index contributed by atoms with van der Waals surface area (Å²) in [5.74, 6) is 0.0708. The van der Waals surface area contributed by atoms with Crippen molar-refractivity contribution in [2.45, 2.75) is 0 Å². The van der Waals surface area contributed by atoms with Gasteiger partial charge in [0, 0.05) is 12.1 Å². The summed E-state index contributed by atoms with van der Waals surface area (Å²) in [5.41, 5.74) is -0.00753. The second-order valence-electron chi connectivity index (χ2n) is 5.15. The highest BCUT2D eigenvalue weighted by atomic mass is 32.1. The minimum absolute atomic E-state index is 0.0638. The van der Waals surface area contributed by atoms with Crippen LogP contribution in [0.15, 0.2) is 46.9 Å². The molecule has 11 heteroatoms. The first-order chi connectivity index (χ1) is 12.5. The fourth-order valence-electron chi connectivity index (χ4n) is 2.32. The predicted molar refractivity (Wildman–Crippen MR) is 91.7 cm³/mol. The first kappa shape index (κ1) is 15.8. The van der Waals surface area contributed by atoms with Gasteiger partial charge in [-0.15, -0.1) is 21.5 Å². The molecule has 0 N–H and O–H groups in total. The van der Waals surface area contributed by atoms with Crippen molar-refractivity contribution in [3.63, 3.8) is 0 Å². The maximum absolute atomic E-state index is 11.0. The van der Waals surface area contributed by atoms with Crippen molar-refractivity contribution in [2.24, 2.45) is 0 Å². The van der Waals surface area contributed by atoms with E-state index in [0.717, 1.165) is 28.4 Å². The quantitative estimate of drug-likeness (QED) is 0.391. The molecule has 0 aliphatic carbocycles. The van der Waals surface area contributed by atoms with Gasteiger partial charge in [0.15, 0.2) is 5.01 Å². The summed E-state index contributed by atoms with van der Waals surface area (Å²) in [6.45, 7) is 0. The van der Waals surface area contributed by atoms with Crippen molar-refractivity contribution in [3.05, 3.63) is 62.7 Å². The van der Waals surface area contributed by atoms with Gasteiger partial charge in [-0.3, -0.25) is 20.2 Å². The van der Waals surface area contributed by atoms with Gasteiger partial charge >= 0.3 is 0 Å². The number of nitro groups is 2. The van der Waals surface area contributed by atoms with E-state index in [1.165, 1.54) is 11.3 Å². The van der Waals surface area contributed by atoms with Gasteiger partial charge in [0.2, 0.25) is 5.89 Å². The van der Waals surface area contributed by atoms with Gasteiger partial charge in [-0.2, -0.15) is 0 Å². The third kappa shape index (κ3) is 2.75. The molecule has 0 atom stereocenters. The largest absolute Gasteiger partial charge is 0.414 e. The first-order valence-corrected chi connectivity index (χ1v) is 7.96. The number of para-hydroxylation sites is 1. The number of nitrogens with zero attached hydrogens (tertiary/aromatic N) is 5. The number of hydrogen-bond donors (Lipinski definition) is 0. The van der Waals surface area contributed by atoms with Gasteiger partial charge in [0.1, 0.15) is 0 Å². The van der Waals surface area contributed by atoms with Gasteiger partial charge in [0.25, 0.3) is 17.3 Å². The molecule has 0 saturated heterocycles. The molecule has 0 saturated carbocycles. The van der Waals surface area contributed by atoms with E-state index in [4.69, 9.17) is 4.42 Å². The highest BCUT2D eigenvalue weighted by Gasteiger charge is 2.21. The summed E-state index contributed by atoms with van der Waals surface area (Å²) in [4.78, 5) is 24.9. The monoisotopic (exact) mass is 369 g/mol. The predicted octanol–water partition coefficient (Wildman–Crippen LogP) is 3.83. The van der Waals surface area contributed by atoms with E-state index in [1.54, 1.807) is 0 Å². The fraction of sp³-hybridized carbons (Fsp3) is 0. The van der Waals surface area contributed by atoms with Crippen molar-refractivity contribution >= 4 is 32.9 Å². The summed E-state index contributed by atoms with van der Waals surface area (Å²) in [6.07, 6.45) is 0. The second kappa shape index (κ2) is 5.97. The first-order valence-electron chi connectivity index (χ1n) is 7.15. The van der Waals surface area contributed by atoms with Crippen LogP contribution in [0.25, 0.3) is 32.6 Å². The number of thiazole rings is 1. The van der Waals surface area contributed by atoms with Crippen molar-refractivity contribution in [3.8, 4) is 22.4 Å². The Morgan fingerprint density at radius 2 is 1.58 bits per heavy atom. The Kier molecular flexibility index (Phi) is 3.62. The fourth-order valence-corrected chi connectivity index (χ4v) is 3.21. The molecule has 2 aromatic heterocycles. The lowest BCUT2D eigenvalue weighted by atomic mass is 10.2.